The van der Waals surface area contributed by atoms with Crippen LogP contribution in [0.15, 0.2) is 18.2 Å². The predicted octanol–water partition coefficient (Wildman–Crippen LogP) is 3.42. The van der Waals surface area contributed by atoms with Crippen LogP contribution in [-0.4, -0.2) is 37.9 Å². The third-order valence-corrected chi connectivity index (χ3v) is 6.36. The molecule has 1 unspecified atom stereocenters. The highest BCUT2D eigenvalue weighted by atomic mass is 16.5. The Kier molecular flexibility index (Phi) is 5.54. The van der Waals surface area contributed by atoms with Crippen LogP contribution in [0.3, 0.4) is 0 Å². The van der Waals surface area contributed by atoms with Gasteiger partial charge in [-0.1, -0.05) is 13.3 Å². The van der Waals surface area contributed by atoms with Crippen molar-refractivity contribution in [1.29, 1.82) is 0 Å². The van der Waals surface area contributed by atoms with Gasteiger partial charge in [-0.15, -0.1) is 0 Å². The average Bonchev–Trinajstić information content (AvgIpc) is 2.76. The molecule has 5 heteroatoms. The molecule has 0 radical (unpaired) electrons. The quantitative estimate of drug-likeness (QED) is 0.792. The first-order valence-corrected chi connectivity index (χ1v) is 10.7. The van der Waals surface area contributed by atoms with E-state index >= 15 is 0 Å². The van der Waals surface area contributed by atoms with E-state index in [-0.39, 0.29) is 11.8 Å². The second-order valence-electron chi connectivity index (χ2n) is 8.05. The fourth-order valence-electron chi connectivity index (χ4n) is 4.87. The van der Waals surface area contributed by atoms with Gasteiger partial charge in [-0.2, -0.15) is 0 Å². The average molecular weight is 410 g/mol. The van der Waals surface area contributed by atoms with Gasteiger partial charge in [0.1, 0.15) is 0 Å². The number of unbranched alkanes of at least 4 members (excludes halogenated alkanes) is 1. The molecule has 0 fully saturated rings. The van der Waals surface area contributed by atoms with E-state index in [1.165, 1.54) is 27.6 Å². The molecule has 2 heterocycles. The van der Waals surface area contributed by atoms with Crippen LogP contribution in [0.4, 0.5) is 0 Å². The van der Waals surface area contributed by atoms with Gasteiger partial charge in [0.25, 0.3) is 0 Å². The van der Waals surface area contributed by atoms with E-state index in [0.29, 0.717) is 5.75 Å². The summed E-state index contributed by atoms with van der Waals surface area (Å²) in [6.45, 7) is 5.25. The number of benzene rings is 2. The molecular weight excluding hydrogens is 378 g/mol. The van der Waals surface area contributed by atoms with Gasteiger partial charge in [0.2, 0.25) is 0 Å². The fraction of sp³-hybridized carbons (Fsp3) is 0.440. The van der Waals surface area contributed by atoms with Gasteiger partial charge in [0, 0.05) is 17.5 Å². The summed E-state index contributed by atoms with van der Waals surface area (Å²) in [4.78, 5) is 2.50. The standard InChI is InChI=1S/C25H31NO4/c1-6-7-8-19-24-17(15(2)11-23(29-4)25(24)30-5)13-20-18-14-22(28-3)21(27)12-16(18)9-10-26(19)20/h11-14,20,27H,6-10H2,1-5H3. The number of hydrogen-bond acceptors (Lipinski definition) is 5. The monoisotopic (exact) mass is 409 g/mol. The molecule has 2 aliphatic rings. The molecule has 1 N–H and O–H groups in total. The number of fused-ring (bicyclic) bond motifs is 4. The summed E-state index contributed by atoms with van der Waals surface area (Å²) in [5.41, 5.74) is 4.87. The third-order valence-electron chi connectivity index (χ3n) is 6.36. The van der Waals surface area contributed by atoms with Gasteiger partial charge in [-0.25, -0.2) is 0 Å². The lowest BCUT2D eigenvalue weighted by Gasteiger charge is -2.41. The lowest BCUT2D eigenvalue weighted by Crippen LogP contribution is -2.46. The summed E-state index contributed by atoms with van der Waals surface area (Å²) in [5, 5.41) is 12.6. The minimum absolute atomic E-state index is 0.111. The number of nitrogens with zero attached hydrogens (tertiary/aromatic N) is 1. The summed E-state index contributed by atoms with van der Waals surface area (Å²) in [6.07, 6.45) is 6.44. The Bertz CT molecular complexity index is 1090. The Morgan fingerprint density at radius 3 is 2.50 bits per heavy atom. The van der Waals surface area contributed by atoms with Crippen molar-refractivity contribution < 1.29 is 19.3 Å². The van der Waals surface area contributed by atoms with Crippen LogP contribution < -0.4 is 24.6 Å². The first-order chi connectivity index (χ1) is 14.5. The van der Waals surface area contributed by atoms with Crippen molar-refractivity contribution in [3.05, 3.63) is 45.3 Å². The summed E-state index contributed by atoms with van der Waals surface area (Å²) in [5.74, 6) is 2.32. The minimum atomic E-state index is 0.111. The predicted molar refractivity (Wildman–Crippen MR) is 119 cm³/mol. The molecular formula is C25H31NO4. The number of rotatable bonds is 6. The molecule has 2 aromatic carbocycles. The van der Waals surface area contributed by atoms with Crippen molar-refractivity contribution in [3.8, 4) is 23.0 Å². The first kappa shape index (κ1) is 20.5. The highest BCUT2D eigenvalue weighted by Crippen LogP contribution is 2.41. The second kappa shape index (κ2) is 8.13. The van der Waals surface area contributed by atoms with Crippen LogP contribution in [0, 0.1) is 6.92 Å². The second-order valence-corrected chi connectivity index (χ2v) is 8.05. The molecule has 160 valence electrons. The summed E-state index contributed by atoms with van der Waals surface area (Å²) in [7, 11) is 5.01. The first-order valence-electron chi connectivity index (χ1n) is 10.7. The summed E-state index contributed by atoms with van der Waals surface area (Å²) >= 11 is 0. The molecule has 5 nitrogen and oxygen atoms in total. The number of aryl methyl sites for hydroxylation is 1. The van der Waals surface area contributed by atoms with E-state index in [9.17, 15) is 5.11 Å². The van der Waals surface area contributed by atoms with Crippen LogP contribution in [0.25, 0.3) is 11.8 Å². The third kappa shape index (κ3) is 3.17. The lowest BCUT2D eigenvalue weighted by atomic mass is 9.87. The number of aromatic hydroxyl groups is 1. The highest BCUT2D eigenvalue weighted by Gasteiger charge is 2.32. The zero-order valence-electron chi connectivity index (χ0n) is 18.5. The number of phenolic OH excluding ortho intramolecular Hbond substituents is 1. The molecule has 0 saturated carbocycles. The Balaban J connectivity index is 2.02. The number of methoxy groups -OCH3 is 3. The van der Waals surface area contributed by atoms with E-state index in [1.807, 2.05) is 12.1 Å². The molecule has 0 aliphatic carbocycles. The van der Waals surface area contributed by atoms with E-state index < -0.39 is 0 Å². The Labute approximate surface area is 178 Å². The molecule has 0 amide bonds. The van der Waals surface area contributed by atoms with Crippen LogP contribution in [-0.2, 0) is 6.42 Å². The summed E-state index contributed by atoms with van der Waals surface area (Å²) in [6, 6.07) is 6.03. The summed E-state index contributed by atoms with van der Waals surface area (Å²) < 4.78 is 16.9. The van der Waals surface area contributed by atoms with E-state index in [1.54, 1.807) is 21.3 Å². The van der Waals surface area contributed by atoms with E-state index in [4.69, 9.17) is 14.2 Å². The SMILES string of the molecule is CCCCC1=c2c(OC)c(OC)cc(C)c2=CC2c3cc(OC)c(O)cc3CCN12. The van der Waals surface area contributed by atoms with Crippen LogP contribution in [0.5, 0.6) is 23.0 Å². The molecule has 0 saturated heterocycles. The minimum Gasteiger partial charge on any atom is -0.504 e. The maximum atomic E-state index is 10.3. The smallest absolute Gasteiger partial charge is 0.170 e. The fourth-order valence-corrected chi connectivity index (χ4v) is 4.87. The Morgan fingerprint density at radius 2 is 1.83 bits per heavy atom. The molecule has 0 spiro atoms. The van der Waals surface area contributed by atoms with Gasteiger partial charge < -0.3 is 24.2 Å². The maximum Gasteiger partial charge on any atom is 0.170 e. The molecule has 4 rings (SSSR count). The Morgan fingerprint density at radius 1 is 1.07 bits per heavy atom. The topological polar surface area (TPSA) is 51.2 Å². The molecule has 0 aromatic heterocycles. The van der Waals surface area contributed by atoms with Gasteiger partial charge in [0.05, 0.1) is 27.4 Å². The molecule has 0 bridgehead atoms. The number of hydrogen-bond donors (Lipinski definition) is 1. The lowest BCUT2D eigenvalue weighted by molar-refractivity contribution is 0.313. The van der Waals surface area contributed by atoms with Gasteiger partial charge >= 0.3 is 0 Å². The van der Waals surface area contributed by atoms with Gasteiger partial charge in [-0.05, 0) is 72.4 Å². The van der Waals surface area contributed by atoms with Gasteiger partial charge in [0.15, 0.2) is 23.0 Å². The van der Waals surface area contributed by atoms with E-state index in [0.717, 1.165) is 48.9 Å². The maximum absolute atomic E-state index is 10.3. The van der Waals surface area contributed by atoms with Crippen LogP contribution >= 0.6 is 0 Å². The van der Waals surface area contributed by atoms with E-state index in [2.05, 4.69) is 30.9 Å². The number of phenols is 1. The van der Waals surface area contributed by atoms with Crippen molar-refractivity contribution in [1.82, 2.24) is 4.90 Å². The molecule has 2 aromatic rings. The van der Waals surface area contributed by atoms with Crippen molar-refractivity contribution in [2.75, 3.05) is 27.9 Å². The van der Waals surface area contributed by atoms with Crippen LogP contribution in [0.2, 0.25) is 0 Å². The van der Waals surface area contributed by atoms with Crippen molar-refractivity contribution in [2.45, 2.75) is 45.6 Å². The number of ether oxygens (including phenoxy) is 3. The van der Waals surface area contributed by atoms with Crippen molar-refractivity contribution in [2.24, 2.45) is 0 Å². The zero-order chi connectivity index (χ0) is 21.4. The van der Waals surface area contributed by atoms with Gasteiger partial charge in [-0.3, -0.25) is 0 Å². The molecule has 30 heavy (non-hydrogen) atoms. The largest absolute Gasteiger partial charge is 0.504 e. The zero-order valence-corrected chi connectivity index (χ0v) is 18.5. The highest BCUT2D eigenvalue weighted by molar-refractivity contribution is 5.64. The van der Waals surface area contributed by atoms with Crippen molar-refractivity contribution in [3.63, 3.8) is 0 Å². The molecule has 2 aliphatic heterocycles. The normalized spacial score (nSPS) is 16.9. The Hall–Kier alpha value is -2.82. The van der Waals surface area contributed by atoms with Crippen molar-refractivity contribution >= 4 is 11.8 Å². The molecule has 1 atom stereocenters. The van der Waals surface area contributed by atoms with Crippen LogP contribution in [0.1, 0.15) is 48.9 Å².